The number of aliphatic carboxylic acids is 1. The van der Waals surface area contributed by atoms with Crippen LogP contribution < -0.4 is 0 Å². The number of hydrogen-bond acceptors (Lipinski definition) is 3. The molecule has 0 bridgehead atoms. The van der Waals surface area contributed by atoms with Gasteiger partial charge in [-0.05, 0) is 31.5 Å². The minimum Gasteiger partial charge on any atom is -0.481 e. The molecule has 1 aliphatic rings. The largest absolute Gasteiger partial charge is 0.481 e. The molecule has 0 aromatic heterocycles. The minimum atomic E-state index is -0.739. The first-order valence-corrected chi connectivity index (χ1v) is 7.48. The Morgan fingerprint density at radius 1 is 1.33 bits per heavy atom. The van der Waals surface area contributed by atoms with Gasteiger partial charge in [0.15, 0.2) is 0 Å². The molecule has 1 saturated carbocycles. The number of benzene rings is 1. The molecule has 0 amide bonds. The van der Waals surface area contributed by atoms with Crippen LogP contribution in [0.4, 0.5) is 0 Å². The summed E-state index contributed by atoms with van der Waals surface area (Å²) >= 11 is 0. The zero-order chi connectivity index (χ0) is 15.3. The first kappa shape index (κ1) is 15.5. The van der Waals surface area contributed by atoms with Gasteiger partial charge in [-0.2, -0.15) is 5.26 Å². The second-order valence-corrected chi connectivity index (χ2v) is 5.98. The molecule has 1 N–H and O–H groups in total. The van der Waals surface area contributed by atoms with Crippen molar-refractivity contribution >= 4 is 5.97 Å². The maximum atomic E-state index is 11.3. The molecule has 1 aromatic rings. The van der Waals surface area contributed by atoms with Crippen molar-refractivity contribution < 1.29 is 9.90 Å². The van der Waals surface area contributed by atoms with E-state index in [2.05, 4.69) is 11.0 Å². The number of rotatable bonds is 5. The van der Waals surface area contributed by atoms with E-state index in [1.54, 1.807) is 0 Å². The lowest BCUT2D eigenvalue weighted by Gasteiger charge is -2.44. The summed E-state index contributed by atoms with van der Waals surface area (Å²) in [6.07, 6.45) is 5.37. The molecule has 0 radical (unpaired) electrons. The van der Waals surface area contributed by atoms with Gasteiger partial charge < -0.3 is 5.11 Å². The van der Waals surface area contributed by atoms with Crippen molar-refractivity contribution in [3.05, 3.63) is 35.4 Å². The predicted molar refractivity (Wildman–Crippen MR) is 80.7 cm³/mol. The molecule has 0 aliphatic heterocycles. The molecule has 1 aliphatic carbocycles. The molecule has 4 nitrogen and oxygen atoms in total. The number of carboxylic acid groups (broad SMARTS) is 1. The summed E-state index contributed by atoms with van der Waals surface area (Å²) in [4.78, 5) is 13.4. The van der Waals surface area contributed by atoms with Gasteiger partial charge in [-0.1, -0.05) is 37.5 Å². The lowest BCUT2D eigenvalue weighted by atomic mass is 9.78. The Morgan fingerprint density at radius 2 is 2.00 bits per heavy atom. The zero-order valence-corrected chi connectivity index (χ0v) is 12.5. The van der Waals surface area contributed by atoms with Crippen LogP contribution in [0, 0.1) is 11.3 Å². The zero-order valence-electron chi connectivity index (χ0n) is 12.5. The third-order valence-electron chi connectivity index (χ3n) is 4.62. The van der Waals surface area contributed by atoms with Crippen LogP contribution in [0.5, 0.6) is 0 Å². The van der Waals surface area contributed by atoms with Gasteiger partial charge in [0, 0.05) is 12.1 Å². The molecule has 0 spiro atoms. The van der Waals surface area contributed by atoms with Crippen LogP contribution in [-0.2, 0) is 11.3 Å². The van der Waals surface area contributed by atoms with Crippen molar-refractivity contribution in [1.29, 1.82) is 5.26 Å². The summed E-state index contributed by atoms with van der Waals surface area (Å²) in [5.41, 5.74) is 1.37. The van der Waals surface area contributed by atoms with E-state index in [0.717, 1.165) is 31.2 Å². The molecule has 4 heteroatoms. The van der Waals surface area contributed by atoms with Gasteiger partial charge in [0.1, 0.15) is 0 Å². The molecule has 0 unspecified atom stereocenters. The Balaban J connectivity index is 2.20. The number of hydrogen-bond donors (Lipinski definition) is 1. The molecule has 1 aromatic carbocycles. The molecule has 2 rings (SSSR count). The third-order valence-corrected chi connectivity index (χ3v) is 4.62. The average Bonchev–Trinajstić information content (AvgIpc) is 2.48. The van der Waals surface area contributed by atoms with Crippen molar-refractivity contribution in [1.82, 2.24) is 4.90 Å². The Kier molecular flexibility index (Phi) is 4.98. The lowest BCUT2D eigenvalue weighted by molar-refractivity contribution is -0.141. The molecule has 1 fully saturated rings. The summed E-state index contributed by atoms with van der Waals surface area (Å²) in [6, 6.07) is 9.76. The molecular weight excluding hydrogens is 264 g/mol. The fourth-order valence-electron chi connectivity index (χ4n) is 3.38. The fraction of sp³-hybridized carbons (Fsp3) is 0.529. The Hall–Kier alpha value is -1.86. The third kappa shape index (κ3) is 3.62. The van der Waals surface area contributed by atoms with Gasteiger partial charge in [-0.25, -0.2) is 0 Å². The Morgan fingerprint density at radius 3 is 2.62 bits per heavy atom. The molecule has 21 heavy (non-hydrogen) atoms. The van der Waals surface area contributed by atoms with Crippen LogP contribution in [-0.4, -0.2) is 28.6 Å². The van der Waals surface area contributed by atoms with Gasteiger partial charge in [0.05, 0.1) is 18.1 Å². The summed E-state index contributed by atoms with van der Waals surface area (Å²) in [5.74, 6) is -0.739. The molecule has 112 valence electrons. The topological polar surface area (TPSA) is 64.3 Å². The predicted octanol–water partition coefficient (Wildman–Crippen LogP) is 3.17. The van der Waals surface area contributed by atoms with Crippen molar-refractivity contribution in [2.24, 2.45) is 0 Å². The number of carboxylic acids is 1. The summed E-state index contributed by atoms with van der Waals surface area (Å²) in [7, 11) is 1.99. The Labute approximate surface area is 126 Å². The monoisotopic (exact) mass is 286 g/mol. The SMILES string of the molecule is CN(Cc1ccccc1C#N)C1(CC(=O)O)CCCCC1. The highest BCUT2D eigenvalue weighted by molar-refractivity contribution is 5.68. The van der Waals surface area contributed by atoms with Gasteiger partial charge in [0.2, 0.25) is 0 Å². The quantitative estimate of drug-likeness (QED) is 0.903. The number of carbonyl (C=O) groups is 1. The van der Waals surface area contributed by atoms with Crippen molar-refractivity contribution in [2.75, 3.05) is 7.05 Å². The molecule has 0 atom stereocenters. The minimum absolute atomic E-state index is 0.179. The van der Waals surface area contributed by atoms with Gasteiger partial charge in [-0.15, -0.1) is 0 Å². The summed E-state index contributed by atoms with van der Waals surface area (Å²) < 4.78 is 0. The van der Waals surface area contributed by atoms with Gasteiger partial charge >= 0.3 is 5.97 Å². The van der Waals surface area contributed by atoms with Gasteiger partial charge in [-0.3, -0.25) is 9.69 Å². The van der Waals surface area contributed by atoms with Gasteiger partial charge in [0.25, 0.3) is 0 Å². The molecule has 0 heterocycles. The second kappa shape index (κ2) is 6.73. The van der Waals surface area contributed by atoms with E-state index >= 15 is 0 Å². The van der Waals surface area contributed by atoms with E-state index in [9.17, 15) is 15.2 Å². The van der Waals surface area contributed by atoms with Crippen molar-refractivity contribution in [2.45, 2.75) is 50.6 Å². The highest BCUT2D eigenvalue weighted by atomic mass is 16.4. The summed E-state index contributed by atoms with van der Waals surface area (Å²) in [5, 5.41) is 18.5. The van der Waals surface area contributed by atoms with Crippen molar-refractivity contribution in [3.63, 3.8) is 0 Å². The van der Waals surface area contributed by atoms with Crippen LogP contribution in [0.3, 0.4) is 0 Å². The van der Waals surface area contributed by atoms with Crippen LogP contribution in [0.2, 0.25) is 0 Å². The maximum Gasteiger partial charge on any atom is 0.305 e. The van der Waals surface area contributed by atoms with E-state index in [-0.39, 0.29) is 12.0 Å². The molecule has 0 saturated heterocycles. The van der Waals surface area contributed by atoms with E-state index < -0.39 is 5.97 Å². The highest BCUT2D eigenvalue weighted by Gasteiger charge is 2.38. The Bertz CT molecular complexity index is 542. The normalized spacial score (nSPS) is 17.4. The first-order chi connectivity index (χ1) is 10.1. The van der Waals surface area contributed by atoms with Crippen molar-refractivity contribution in [3.8, 4) is 6.07 Å². The van der Waals surface area contributed by atoms with Crippen LogP contribution >= 0.6 is 0 Å². The van der Waals surface area contributed by atoms with Crippen LogP contribution in [0.15, 0.2) is 24.3 Å². The first-order valence-electron chi connectivity index (χ1n) is 7.48. The standard InChI is InChI=1S/C17H22N2O2/c1-19(13-15-8-4-3-7-14(15)12-18)17(11-16(20)21)9-5-2-6-10-17/h3-4,7-8H,2,5-6,9-11,13H2,1H3,(H,20,21). The lowest BCUT2D eigenvalue weighted by Crippen LogP contribution is -2.49. The maximum absolute atomic E-state index is 11.3. The van der Waals surface area contributed by atoms with E-state index in [1.807, 2.05) is 31.3 Å². The average molecular weight is 286 g/mol. The van der Waals surface area contributed by atoms with E-state index in [0.29, 0.717) is 12.1 Å². The highest BCUT2D eigenvalue weighted by Crippen LogP contribution is 2.36. The number of nitrogens with zero attached hydrogens (tertiary/aromatic N) is 2. The van der Waals surface area contributed by atoms with Crippen LogP contribution in [0.1, 0.15) is 49.7 Å². The van der Waals surface area contributed by atoms with Crippen LogP contribution in [0.25, 0.3) is 0 Å². The second-order valence-electron chi connectivity index (χ2n) is 5.98. The number of nitriles is 1. The van der Waals surface area contributed by atoms with E-state index in [4.69, 9.17) is 0 Å². The molecular formula is C17H22N2O2. The smallest absolute Gasteiger partial charge is 0.305 e. The van der Waals surface area contributed by atoms with E-state index in [1.165, 1.54) is 6.42 Å². The summed E-state index contributed by atoms with van der Waals surface area (Å²) in [6.45, 7) is 0.622. The fourth-order valence-corrected chi connectivity index (χ4v) is 3.38.